The van der Waals surface area contributed by atoms with Crippen LogP contribution in [0.15, 0.2) is 47.4 Å². The lowest BCUT2D eigenvalue weighted by Crippen LogP contribution is -2.40. The maximum absolute atomic E-state index is 13.0. The molecule has 0 unspecified atom stereocenters. The van der Waals surface area contributed by atoms with Gasteiger partial charge in [0.05, 0.1) is 42.7 Å². The van der Waals surface area contributed by atoms with E-state index in [1.165, 1.54) is 16.4 Å². The Bertz CT molecular complexity index is 1050. The van der Waals surface area contributed by atoms with Gasteiger partial charge in [-0.3, -0.25) is 4.79 Å². The number of ether oxygens (including phenoxy) is 2. The predicted molar refractivity (Wildman–Crippen MR) is 118 cm³/mol. The number of carbonyl (C=O) groups is 1. The van der Waals surface area contributed by atoms with E-state index in [0.29, 0.717) is 63.3 Å². The molecule has 2 aromatic carbocycles. The van der Waals surface area contributed by atoms with E-state index in [1.54, 1.807) is 24.3 Å². The Kier molecular flexibility index (Phi) is 6.78. The van der Waals surface area contributed by atoms with Crippen LogP contribution in [0, 0.1) is 0 Å². The molecule has 31 heavy (non-hydrogen) atoms. The molecule has 2 aromatic rings. The van der Waals surface area contributed by atoms with Gasteiger partial charge >= 0.3 is 0 Å². The van der Waals surface area contributed by atoms with E-state index in [1.807, 2.05) is 6.07 Å². The zero-order valence-electron chi connectivity index (χ0n) is 16.9. The maximum Gasteiger partial charge on any atom is 0.255 e. The summed E-state index contributed by atoms with van der Waals surface area (Å²) in [6.07, 6.45) is 0. The molecule has 4 rings (SSSR count). The number of hydrogen-bond acceptors (Lipinski definition) is 6. The van der Waals surface area contributed by atoms with E-state index >= 15 is 0 Å². The van der Waals surface area contributed by atoms with Crippen molar-refractivity contribution >= 4 is 38.9 Å². The molecule has 2 saturated heterocycles. The maximum atomic E-state index is 13.0. The van der Waals surface area contributed by atoms with E-state index in [9.17, 15) is 13.2 Å². The average molecular weight is 466 g/mol. The molecule has 0 atom stereocenters. The van der Waals surface area contributed by atoms with Crippen molar-refractivity contribution in [1.29, 1.82) is 0 Å². The van der Waals surface area contributed by atoms with Crippen molar-refractivity contribution < 1.29 is 22.7 Å². The zero-order chi connectivity index (χ0) is 21.8. The van der Waals surface area contributed by atoms with Gasteiger partial charge in [0, 0.05) is 36.8 Å². The molecular formula is C21H24ClN3O5S. The summed E-state index contributed by atoms with van der Waals surface area (Å²) in [5, 5.41) is 3.39. The van der Waals surface area contributed by atoms with Crippen LogP contribution in [-0.4, -0.2) is 71.2 Å². The second-order valence-electron chi connectivity index (χ2n) is 7.26. The number of nitrogens with one attached hydrogen (secondary N) is 1. The lowest BCUT2D eigenvalue weighted by Gasteiger charge is -2.30. The van der Waals surface area contributed by atoms with Gasteiger partial charge < -0.3 is 19.7 Å². The normalized spacial score (nSPS) is 18.0. The van der Waals surface area contributed by atoms with Crippen molar-refractivity contribution in [2.24, 2.45) is 0 Å². The first-order valence-corrected chi connectivity index (χ1v) is 11.9. The van der Waals surface area contributed by atoms with Gasteiger partial charge in [0.2, 0.25) is 10.0 Å². The first kappa shape index (κ1) is 22.0. The van der Waals surface area contributed by atoms with Crippen LogP contribution in [0.2, 0.25) is 5.02 Å². The van der Waals surface area contributed by atoms with Crippen LogP contribution in [0.25, 0.3) is 0 Å². The van der Waals surface area contributed by atoms with Crippen LogP contribution in [-0.2, 0) is 19.5 Å². The van der Waals surface area contributed by atoms with Gasteiger partial charge in [0.1, 0.15) is 0 Å². The second kappa shape index (κ2) is 9.54. The molecule has 0 saturated carbocycles. The van der Waals surface area contributed by atoms with E-state index in [4.69, 9.17) is 21.1 Å². The number of rotatable bonds is 5. The Morgan fingerprint density at radius 2 is 1.61 bits per heavy atom. The van der Waals surface area contributed by atoms with Crippen molar-refractivity contribution in [2.45, 2.75) is 4.90 Å². The molecule has 0 aliphatic carbocycles. The van der Waals surface area contributed by atoms with Crippen LogP contribution >= 0.6 is 11.6 Å². The summed E-state index contributed by atoms with van der Waals surface area (Å²) in [6.45, 7) is 3.94. The van der Waals surface area contributed by atoms with Gasteiger partial charge in [-0.15, -0.1) is 0 Å². The Balaban J connectivity index is 1.57. The summed E-state index contributed by atoms with van der Waals surface area (Å²) in [4.78, 5) is 15.2. The molecule has 0 spiro atoms. The summed E-state index contributed by atoms with van der Waals surface area (Å²) < 4.78 is 37.9. The Labute approximate surface area is 186 Å². The van der Waals surface area contributed by atoms with E-state index in [2.05, 4.69) is 10.2 Å². The van der Waals surface area contributed by atoms with E-state index < -0.39 is 15.9 Å². The molecule has 2 fully saturated rings. The third-order valence-electron chi connectivity index (χ3n) is 5.26. The fourth-order valence-electron chi connectivity index (χ4n) is 3.62. The number of benzene rings is 2. The lowest BCUT2D eigenvalue weighted by molar-refractivity contribution is 0.0730. The first-order chi connectivity index (χ1) is 14.9. The number of morpholine rings is 2. The molecule has 2 aliphatic rings. The topological polar surface area (TPSA) is 88.2 Å². The summed E-state index contributed by atoms with van der Waals surface area (Å²) in [7, 11) is -3.69. The van der Waals surface area contributed by atoms with Gasteiger partial charge in [-0.05, 0) is 36.4 Å². The molecule has 0 bridgehead atoms. The Morgan fingerprint density at radius 1 is 0.935 bits per heavy atom. The van der Waals surface area contributed by atoms with Gasteiger partial charge in [0.25, 0.3) is 5.91 Å². The highest BCUT2D eigenvalue weighted by Gasteiger charge is 2.27. The fourth-order valence-corrected chi connectivity index (χ4v) is 5.24. The smallest absolute Gasteiger partial charge is 0.255 e. The van der Waals surface area contributed by atoms with Crippen molar-refractivity contribution in [3.63, 3.8) is 0 Å². The molecule has 0 radical (unpaired) electrons. The molecule has 166 valence electrons. The summed E-state index contributed by atoms with van der Waals surface area (Å²) in [6, 6.07) is 11.4. The zero-order valence-corrected chi connectivity index (χ0v) is 18.5. The van der Waals surface area contributed by atoms with Crippen molar-refractivity contribution in [1.82, 2.24) is 4.31 Å². The van der Waals surface area contributed by atoms with Gasteiger partial charge in [-0.1, -0.05) is 17.7 Å². The van der Waals surface area contributed by atoms with E-state index in [-0.39, 0.29) is 10.5 Å². The first-order valence-electron chi connectivity index (χ1n) is 10.1. The van der Waals surface area contributed by atoms with Crippen molar-refractivity contribution in [3.05, 3.63) is 53.1 Å². The highest BCUT2D eigenvalue weighted by molar-refractivity contribution is 7.89. The number of sulfonamides is 1. The SMILES string of the molecule is O=C(Nc1cc(Cl)ccc1N1CCOCC1)c1cccc(S(=O)(=O)N2CCOCC2)c1. The predicted octanol–water partition coefficient (Wildman–Crippen LogP) is 2.45. The minimum atomic E-state index is -3.69. The highest BCUT2D eigenvalue weighted by atomic mass is 35.5. The number of halogens is 1. The molecule has 2 heterocycles. The van der Waals surface area contributed by atoms with Crippen LogP contribution < -0.4 is 10.2 Å². The standard InChI is InChI=1S/C21H24ClN3O5S/c22-17-4-5-20(24-6-10-29-11-7-24)19(15-17)23-21(26)16-2-1-3-18(14-16)31(27,28)25-8-12-30-13-9-25/h1-5,14-15H,6-13H2,(H,23,26). The van der Waals surface area contributed by atoms with Crippen LogP contribution in [0.1, 0.15) is 10.4 Å². The van der Waals surface area contributed by atoms with Crippen LogP contribution in [0.4, 0.5) is 11.4 Å². The summed E-state index contributed by atoms with van der Waals surface area (Å²) in [5.41, 5.74) is 1.67. The summed E-state index contributed by atoms with van der Waals surface area (Å²) in [5.74, 6) is -0.407. The van der Waals surface area contributed by atoms with E-state index in [0.717, 1.165) is 5.69 Å². The number of hydrogen-bond donors (Lipinski definition) is 1. The number of anilines is 2. The molecule has 2 aliphatic heterocycles. The van der Waals surface area contributed by atoms with Crippen molar-refractivity contribution in [2.75, 3.05) is 62.8 Å². The van der Waals surface area contributed by atoms with Gasteiger partial charge in [-0.25, -0.2) is 8.42 Å². The minimum absolute atomic E-state index is 0.0848. The lowest BCUT2D eigenvalue weighted by atomic mass is 10.2. The monoisotopic (exact) mass is 465 g/mol. The third-order valence-corrected chi connectivity index (χ3v) is 7.39. The molecule has 1 amide bonds. The van der Waals surface area contributed by atoms with Gasteiger partial charge in [0.15, 0.2) is 0 Å². The molecule has 8 nitrogen and oxygen atoms in total. The van der Waals surface area contributed by atoms with Crippen LogP contribution in [0.5, 0.6) is 0 Å². The number of amides is 1. The van der Waals surface area contributed by atoms with Crippen LogP contribution in [0.3, 0.4) is 0 Å². The number of carbonyl (C=O) groups excluding carboxylic acids is 1. The Morgan fingerprint density at radius 3 is 2.32 bits per heavy atom. The Hall–Kier alpha value is -2.17. The van der Waals surface area contributed by atoms with Gasteiger partial charge in [-0.2, -0.15) is 4.31 Å². The fraction of sp³-hybridized carbons (Fsp3) is 0.381. The molecule has 1 N–H and O–H groups in total. The summed E-state index contributed by atoms with van der Waals surface area (Å²) >= 11 is 6.17. The molecule has 0 aromatic heterocycles. The number of nitrogens with zero attached hydrogens (tertiary/aromatic N) is 2. The van der Waals surface area contributed by atoms with Crippen molar-refractivity contribution in [3.8, 4) is 0 Å². The largest absolute Gasteiger partial charge is 0.379 e. The molecule has 10 heteroatoms. The average Bonchev–Trinajstić information content (AvgIpc) is 2.80. The molecular weight excluding hydrogens is 442 g/mol. The second-order valence-corrected chi connectivity index (χ2v) is 9.63. The minimum Gasteiger partial charge on any atom is -0.379 e. The quantitative estimate of drug-likeness (QED) is 0.729. The highest BCUT2D eigenvalue weighted by Crippen LogP contribution is 2.30. The third kappa shape index (κ3) is 5.02.